The van der Waals surface area contributed by atoms with Crippen LogP contribution in [0.3, 0.4) is 0 Å². The molecule has 30 heavy (non-hydrogen) atoms. The minimum atomic E-state index is -0.874. The number of carbonyl (C=O) groups excluding carboxylic acids is 1. The number of rotatable bonds is 4. The number of benzene rings is 2. The number of carbonyl (C=O) groups is 1. The Morgan fingerprint density at radius 3 is 2.60 bits per heavy atom. The largest absolute Gasteiger partial charge is 0.492 e. The molecule has 1 aromatic heterocycles. The maximum atomic E-state index is 14.9. The van der Waals surface area contributed by atoms with E-state index in [0.717, 1.165) is 6.07 Å². The van der Waals surface area contributed by atoms with Gasteiger partial charge in [0.05, 0.1) is 17.7 Å². The predicted molar refractivity (Wildman–Crippen MR) is 103 cm³/mol. The van der Waals surface area contributed by atoms with E-state index in [-0.39, 0.29) is 35.7 Å². The Hall–Kier alpha value is -3.79. The lowest BCUT2D eigenvalue weighted by Crippen LogP contribution is -2.18. The summed E-state index contributed by atoms with van der Waals surface area (Å²) in [6.07, 6.45) is 2.41. The molecule has 1 atom stereocenters. The van der Waals surface area contributed by atoms with Gasteiger partial charge in [-0.2, -0.15) is 5.26 Å². The molecule has 4 rings (SSSR count). The van der Waals surface area contributed by atoms with Crippen LogP contribution in [0.5, 0.6) is 11.5 Å². The van der Waals surface area contributed by atoms with Crippen LogP contribution < -0.4 is 9.47 Å². The molecule has 2 aromatic carbocycles. The van der Waals surface area contributed by atoms with Crippen LogP contribution in [0, 0.1) is 29.9 Å². The SMILES string of the molecule is Cc1c(O[C@H](c2ccncc2)c2ccc(C#N)c(F)c2)c(F)cc2c1OCCC2=O. The van der Waals surface area contributed by atoms with E-state index in [9.17, 15) is 13.6 Å². The highest BCUT2D eigenvalue weighted by molar-refractivity contribution is 6.00. The van der Waals surface area contributed by atoms with Gasteiger partial charge in [0.25, 0.3) is 0 Å². The molecule has 0 saturated carbocycles. The molecule has 150 valence electrons. The first-order chi connectivity index (χ1) is 14.5. The van der Waals surface area contributed by atoms with Gasteiger partial charge in [-0.1, -0.05) is 6.07 Å². The Morgan fingerprint density at radius 2 is 1.90 bits per heavy atom. The van der Waals surface area contributed by atoms with Crippen molar-refractivity contribution in [3.63, 3.8) is 0 Å². The molecule has 0 N–H and O–H groups in total. The number of nitriles is 1. The second-order valence-electron chi connectivity index (χ2n) is 6.84. The molecule has 5 nitrogen and oxygen atoms in total. The molecule has 3 aromatic rings. The van der Waals surface area contributed by atoms with E-state index in [4.69, 9.17) is 14.7 Å². The number of nitrogens with zero attached hydrogens (tertiary/aromatic N) is 2. The highest BCUT2D eigenvalue weighted by Gasteiger charge is 2.28. The van der Waals surface area contributed by atoms with E-state index in [2.05, 4.69) is 4.98 Å². The van der Waals surface area contributed by atoms with Crippen molar-refractivity contribution in [3.05, 3.63) is 88.2 Å². The highest BCUT2D eigenvalue weighted by atomic mass is 19.1. The lowest BCUT2D eigenvalue weighted by atomic mass is 9.99. The van der Waals surface area contributed by atoms with Gasteiger partial charge < -0.3 is 9.47 Å². The normalized spacial score (nSPS) is 13.7. The Kier molecular flexibility index (Phi) is 5.15. The van der Waals surface area contributed by atoms with Gasteiger partial charge in [-0.25, -0.2) is 8.78 Å². The fourth-order valence-electron chi connectivity index (χ4n) is 3.43. The summed E-state index contributed by atoms with van der Waals surface area (Å²) in [5, 5.41) is 8.99. The summed E-state index contributed by atoms with van der Waals surface area (Å²) in [6, 6.07) is 10.3. The maximum Gasteiger partial charge on any atom is 0.170 e. The molecule has 0 amide bonds. The number of halogens is 2. The number of ketones is 1. The number of Topliss-reactive ketones (excluding diaryl/α,β-unsaturated/α-hetero) is 1. The van der Waals surface area contributed by atoms with Crippen molar-refractivity contribution in [1.29, 1.82) is 5.26 Å². The number of aromatic nitrogens is 1. The fraction of sp³-hybridized carbons (Fsp3) is 0.174. The predicted octanol–water partition coefficient (Wildman–Crippen LogP) is 4.67. The van der Waals surface area contributed by atoms with Crippen LogP contribution >= 0.6 is 0 Å². The maximum absolute atomic E-state index is 14.9. The van der Waals surface area contributed by atoms with E-state index in [1.807, 2.05) is 0 Å². The average Bonchev–Trinajstić information content (AvgIpc) is 2.75. The standard InChI is InChI=1S/C23H16F2N2O3/c1-13-21-17(20(28)6-9-29-21)11-19(25)22(13)30-23(14-4-7-27-8-5-14)15-2-3-16(12-26)18(24)10-15/h2-5,7-8,10-11,23H,6,9H2,1H3/t23-/m1/s1. The minimum Gasteiger partial charge on any atom is -0.492 e. The smallest absolute Gasteiger partial charge is 0.170 e. The van der Waals surface area contributed by atoms with Gasteiger partial charge in [0.2, 0.25) is 0 Å². The van der Waals surface area contributed by atoms with Gasteiger partial charge >= 0.3 is 0 Å². The molecule has 0 spiro atoms. The van der Waals surface area contributed by atoms with Crippen molar-refractivity contribution in [2.45, 2.75) is 19.4 Å². The fourth-order valence-corrected chi connectivity index (χ4v) is 3.43. The molecule has 1 aliphatic rings. The second-order valence-corrected chi connectivity index (χ2v) is 6.84. The van der Waals surface area contributed by atoms with Gasteiger partial charge in [0.15, 0.2) is 17.3 Å². The second kappa shape index (κ2) is 7.91. The summed E-state index contributed by atoms with van der Waals surface area (Å²) in [6.45, 7) is 1.82. The molecule has 2 heterocycles. The van der Waals surface area contributed by atoms with Crippen LogP contribution in [0.2, 0.25) is 0 Å². The van der Waals surface area contributed by atoms with Gasteiger partial charge in [-0.15, -0.1) is 0 Å². The third-order valence-corrected chi connectivity index (χ3v) is 4.95. The van der Waals surface area contributed by atoms with Crippen molar-refractivity contribution in [2.24, 2.45) is 0 Å². The van der Waals surface area contributed by atoms with Crippen molar-refractivity contribution >= 4 is 5.78 Å². The Balaban J connectivity index is 1.82. The third kappa shape index (κ3) is 3.48. The summed E-state index contributed by atoms with van der Waals surface area (Å²) in [7, 11) is 0. The van der Waals surface area contributed by atoms with Crippen LogP contribution in [0.15, 0.2) is 48.8 Å². The number of ether oxygens (including phenoxy) is 2. The van der Waals surface area contributed by atoms with Crippen molar-refractivity contribution in [2.75, 3.05) is 6.61 Å². The van der Waals surface area contributed by atoms with Gasteiger partial charge in [-0.3, -0.25) is 9.78 Å². The molecule has 7 heteroatoms. The molecule has 0 fully saturated rings. The highest BCUT2D eigenvalue weighted by Crippen LogP contribution is 2.40. The van der Waals surface area contributed by atoms with E-state index in [1.54, 1.807) is 43.6 Å². The first-order valence-corrected chi connectivity index (χ1v) is 9.25. The molecule has 0 unspecified atom stereocenters. The lowest BCUT2D eigenvalue weighted by molar-refractivity contribution is 0.0931. The molecule has 0 radical (unpaired) electrons. The van der Waals surface area contributed by atoms with Crippen LogP contribution in [-0.2, 0) is 0 Å². The van der Waals surface area contributed by atoms with Crippen LogP contribution in [0.4, 0.5) is 8.78 Å². The van der Waals surface area contributed by atoms with E-state index >= 15 is 0 Å². The third-order valence-electron chi connectivity index (χ3n) is 4.95. The Bertz CT molecular complexity index is 1170. The van der Waals surface area contributed by atoms with E-state index in [1.165, 1.54) is 12.1 Å². The Labute approximate surface area is 171 Å². The summed E-state index contributed by atoms with van der Waals surface area (Å²) < 4.78 is 40.8. The lowest BCUT2D eigenvalue weighted by Gasteiger charge is -2.25. The Morgan fingerprint density at radius 1 is 1.13 bits per heavy atom. The van der Waals surface area contributed by atoms with Gasteiger partial charge in [0.1, 0.15) is 23.7 Å². The van der Waals surface area contributed by atoms with Crippen molar-refractivity contribution < 1.29 is 23.0 Å². The molecule has 0 saturated heterocycles. The summed E-state index contributed by atoms with van der Waals surface area (Å²) in [5.41, 5.74) is 1.45. The minimum absolute atomic E-state index is 0.0879. The zero-order valence-electron chi connectivity index (χ0n) is 16.0. The molecule has 1 aliphatic heterocycles. The van der Waals surface area contributed by atoms with Gasteiger partial charge in [0, 0.05) is 24.4 Å². The topological polar surface area (TPSA) is 72.2 Å². The molecular formula is C23H16F2N2O3. The van der Waals surface area contributed by atoms with E-state index in [0.29, 0.717) is 22.4 Å². The summed E-state index contributed by atoms with van der Waals surface area (Å²) in [5.74, 6) is -1.39. The zero-order chi connectivity index (χ0) is 21.3. The quantitative estimate of drug-likeness (QED) is 0.629. The van der Waals surface area contributed by atoms with Gasteiger partial charge in [-0.05, 0) is 48.4 Å². The summed E-state index contributed by atoms with van der Waals surface area (Å²) >= 11 is 0. The van der Waals surface area contributed by atoms with E-state index < -0.39 is 17.7 Å². The van der Waals surface area contributed by atoms with Crippen molar-refractivity contribution in [1.82, 2.24) is 4.98 Å². The first kappa shape index (κ1) is 19.5. The van der Waals surface area contributed by atoms with Crippen LogP contribution in [0.25, 0.3) is 0 Å². The molecular weight excluding hydrogens is 390 g/mol. The molecule has 0 aliphatic carbocycles. The number of hydrogen-bond acceptors (Lipinski definition) is 5. The number of fused-ring (bicyclic) bond motifs is 1. The zero-order valence-corrected chi connectivity index (χ0v) is 16.0. The van der Waals surface area contributed by atoms with Crippen molar-refractivity contribution in [3.8, 4) is 17.6 Å². The average molecular weight is 406 g/mol. The van der Waals surface area contributed by atoms with Crippen LogP contribution in [-0.4, -0.2) is 17.4 Å². The first-order valence-electron chi connectivity index (χ1n) is 9.25. The number of pyridine rings is 1. The monoisotopic (exact) mass is 406 g/mol. The number of hydrogen-bond donors (Lipinski definition) is 0. The van der Waals surface area contributed by atoms with Crippen LogP contribution in [0.1, 0.15) is 45.1 Å². The summed E-state index contributed by atoms with van der Waals surface area (Å²) in [4.78, 5) is 16.1. The molecule has 0 bridgehead atoms.